The fourth-order valence-electron chi connectivity index (χ4n) is 3.91. The van der Waals surface area contributed by atoms with Crippen molar-refractivity contribution in [3.63, 3.8) is 0 Å². The average molecular weight is 490 g/mol. The first kappa shape index (κ1) is 22.9. The van der Waals surface area contributed by atoms with Crippen LogP contribution in [-0.2, 0) is 21.7 Å². The van der Waals surface area contributed by atoms with E-state index < -0.39 is 27.3 Å². The first-order valence-electron chi connectivity index (χ1n) is 9.89. The van der Waals surface area contributed by atoms with Gasteiger partial charge in [0.1, 0.15) is 5.56 Å². The standard InChI is InChI=1S/C19H22F3N5O3S2/c1-18(2)15-11(16(28)26-18)8-13(31-15)14-12(19(20,21)22)9-23-17(25-14)24-10-4-6-27(7-5-10)32(3,29)30/h8-10H,4-7H2,1-3H3,(H,26,28)(H,23,24,25). The second kappa shape index (κ2) is 7.66. The molecule has 13 heteroatoms. The minimum Gasteiger partial charge on any atom is -0.351 e. The number of rotatable bonds is 4. The van der Waals surface area contributed by atoms with Crippen LogP contribution in [0.1, 0.15) is 47.5 Å². The highest BCUT2D eigenvalue weighted by atomic mass is 32.2. The van der Waals surface area contributed by atoms with Gasteiger partial charge in [0.15, 0.2) is 0 Å². The molecule has 0 aromatic carbocycles. The maximum Gasteiger partial charge on any atom is 0.420 e. The van der Waals surface area contributed by atoms with Crippen LogP contribution in [0.3, 0.4) is 0 Å². The second-order valence-electron chi connectivity index (χ2n) is 8.47. The summed E-state index contributed by atoms with van der Waals surface area (Å²) < 4.78 is 65.7. The minimum absolute atomic E-state index is 0.0306. The zero-order valence-corrected chi connectivity index (χ0v) is 19.2. The van der Waals surface area contributed by atoms with Gasteiger partial charge in [0.25, 0.3) is 5.91 Å². The van der Waals surface area contributed by atoms with Crippen LogP contribution < -0.4 is 10.6 Å². The fraction of sp³-hybridized carbons (Fsp3) is 0.526. The van der Waals surface area contributed by atoms with E-state index in [9.17, 15) is 26.4 Å². The van der Waals surface area contributed by atoms with Crippen molar-refractivity contribution in [2.45, 2.75) is 44.4 Å². The van der Waals surface area contributed by atoms with Crippen molar-refractivity contribution in [3.8, 4) is 10.6 Å². The molecule has 0 spiro atoms. The third-order valence-corrected chi connectivity index (χ3v) is 8.32. The number of hydrogen-bond donors (Lipinski definition) is 2. The Bertz CT molecular complexity index is 1170. The number of anilines is 1. The number of carbonyl (C=O) groups is 1. The van der Waals surface area contributed by atoms with Gasteiger partial charge in [-0.25, -0.2) is 22.7 Å². The molecule has 0 aliphatic carbocycles. The highest BCUT2D eigenvalue weighted by Crippen LogP contribution is 2.44. The highest BCUT2D eigenvalue weighted by Gasteiger charge is 2.40. The molecule has 4 rings (SSSR count). The Morgan fingerprint density at radius 3 is 2.50 bits per heavy atom. The Hall–Kier alpha value is -2.25. The van der Waals surface area contributed by atoms with Crippen LogP contribution in [0, 0.1) is 0 Å². The van der Waals surface area contributed by atoms with E-state index in [1.54, 1.807) is 13.8 Å². The Kier molecular flexibility index (Phi) is 5.49. The van der Waals surface area contributed by atoms with E-state index in [-0.39, 0.29) is 28.5 Å². The molecule has 0 bridgehead atoms. The van der Waals surface area contributed by atoms with E-state index in [0.717, 1.165) is 23.8 Å². The molecule has 2 aliphatic heterocycles. The van der Waals surface area contributed by atoms with Crippen molar-refractivity contribution in [2.75, 3.05) is 24.7 Å². The van der Waals surface area contributed by atoms with Crippen molar-refractivity contribution >= 4 is 33.2 Å². The van der Waals surface area contributed by atoms with Gasteiger partial charge in [-0.15, -0.1) is 11.3 Å². The topological polar surface area (TPSA) is 104 Å². The number of alkyl halides is 3. The number of carbonyl (C=O) groups excluding carboxylic acids is 1. The summed E-state index contributed by atoms with van der Waals surface area (Å²) in [7, 11) is -3.28. The third-order valence-electron chi connectivity index (χ3n) is 5.55. The van der Waals surface area contributed by atoms with Crippen LogP contribution in [-0.4, -0.2) is 54.0 Å². The van der Waals surface area contributed by atoms with Gasteiger partial charge in [-0.2, -0.15) is 13.2 Å². The molecule has 2 N–H and O–H groups in total. The molecule has 4 heterocycles. The third kappa shape index (κ3) is 4.33. The molecular formula is C19H22F3N5O3S2. The summed E-state index contributed by atoms with van der Waals surface area (Å²) in [5, 5.41) is 5.83. The van der Waals surface area contributed by atoms with E-state index >= 15 is 0 Å². The quantitative estimate of drug-likeness (QED) is 0.684. The Labute approximate surface area is 187 Å². The van der Waals surface area contributed by atoms with Crippen LogP contribution in [0.5, 0.6) is 0 Å². The van der Waals surface area contributed by atoms with Gasteiger partial charge in [0.05, 0.1) is 27.9 Å². The predicted octanol–water partition coefficient (Wildman–Crippen LogP) is 3.04. The smallest absolute Gasteiger partial charge is 0.351 e. The van der Waals surface area contributed by atoms with E-state index in [1.165, 1.54) is 10.4 Å². The molecule has 2 aliphatic rings. The summed E-state index contributed by atoms with van der Waals surface area (Å²) in [6.07, 6.45) is -1.82. The molecule has 1 fully saturated rings. The van der Waals surface area contributed by atoms with Gasteiger partial charge in [0, 0.05) is 30.2 Å². The number of thiophene rings is 1. The van der Waals surface area contributed by atoms with Crippen LogP contribution in [0.2, 0.25) is 0 Å². The van der Waals surface area contributed by atoms with E-state index in [1.807, 2.05) is 0 Å². The van der Waals surface area contributed by atoms with Crippen molar-refractivity contribution < 1.29 is 26.4 Å². The molecule has 2 aromatic rings. The van der Waals surface area contributed by atoms with Crippen LogP contribution >= 0.6 is 11.3 Å². The predicted molar refractivity (Wildman–Crippen MR) is 114 cm³/mol. The zero-order chi connectivity index (χ0) is 23.5. The van der Waals surface area contributed by atoms with E-state index in [4.69, 9.17) is 0 Å². The highest BCUT2D eigenvalue weighted by molar-refractivity contribution is 7.88. The summed E-state index contributed by atoms with van der Waals surface area (Å²) in [6, 6.07) is 1.27. The number of fused-ring (bicyclic) bond motifs is 1. The lowest BCUT2D eigenvalue weighted by atomic mass is 10.0. The lowest BCUT2D eigenvalue weighted by Crippen LogP contribution is -2.42. The van der Waals surface area contributed by atoms with Crippen LogP contribution in [0.4, 0.5) is 19.1 Å². The maximum absolute atomic E-state index is 13.7. The Morgan fingerprint density at radius 1 is 1.28 bits per heavy atom. The number of nitrogens with one attached hydrogen (secondary N) is 2. The normalized spacial score (nSPS) is 19.6. The average Bonchev–Trinajstić information content (AvgIpc) is 3.21. The van der Waals surface area contributed by atoms with E-state index in [2.05, 4.69) is 20.6 Å². The molecule has 0 saturated carbocycles. The number of nitrogens with zero attached hydrogens (tertiary/aromatic N) is 3. The van der Waals surface area contributed by atoms with Gasteiger partial charge in [-0.1, -0.05) is 0 Å². The van der Waals surface area contributed by atoms with Gasteiger partial charge in [-0.05, 0) is 32.8 Å². The van der Waals surface area contributed by atoms with Gasteiger partial charge >= 0.3 is 6.18 Å². The Balaban J connectivity index is 1.64. The van der Waals surface area contributed by atoms with Gasteiger partial charge < -0.3 is 10.6 Å². The summed E-state index contributed by atoms with van der Waals surface area (Å²) >= 11 is 1.10. The number of halogens is 3. The number of hydrogen-bond acceptors (Lipinski definition) is 7. The lowest BCUT2D eigenvalue weighted by molar-refractivity contribution is -0.137. The molecule has 8 nitrogen and oxygen atoms in total. The maximum atomic E-state index is 13.7. The summed E-state index contributed by atoms with van der Waals surface area (Å²) in [4.78, 5) is 21.1. The SMILES string of the molecule is CC1(C)NC(=O)c2cc(-c3nc(NC4CCN(S(C)(=O)=O)CC4)ncc3C(F)(F)F)sc21. The molecular weight excluding hydrogens is 467 g/mol. The van der Waals surface area contributed by atoms with Crippen molar-refractivity contribution in [2.24, 2.45) is 0 Å². The first-order chi connectivity index (χ1) is 14.8. The molecule has 174 valence electrons. The first-order valence-corrected chi connectivity index (χ1v) is 12.6. The second-order valence-corrected chi connectivity index (χ2v) is 11.5. The lowest BCUT2D eigenvalue weighted by Gasteiger charge is -2.30. The molecule has 32 heavy (non-hydrogen) atoms. The number of piperidine rings is 1. The molecule has 1 saturated heterocycles. The summed E-state index contributed by atoms with van der Waals surface area (Å²) in [5.41, 5.74) is -1.58. The molecule has 0 unspecified atom stereocenters. The molecule has 0 atom stereocenters. The molecule has 2 aromatic heterocycles. The fourth-order valence-corrected chi connectivity index (χ4v) is 6.00. The minimum atomic E-state index is -4.67. The number of sulfonamides is 1. The van der Waals surface area contributed by atoms with Crippen molar-refractivity contribution in [1.29, 1.82) is 0 Å². The number of aromatic nitrogens is 2. The van der Waals surface area contributed by atoms with Crippen LogP contribution in [0.25, 0.3) is 10.6 Å². The Morgan fingerprint density at radius 2 is 1.94 bits per heavy atom. The molecule has 1 amide bonds. The monoisotopic (exact) mass is 489 g/mol. The van der Waals surface area contributed by atoms with Crippen molar-refractivity contribution in [1.82, 2.24) is 19.6 Å². The van der Waals surface area contributed by atoms with Gasteiger partial charge in [-0.3, -0.25) is 4.79 Å². The van der Waals surface area contributed by atoms with E-state index in [0.29, 0.717) is 36.4 Å². The summed E-state index contributed by atoms with van der Waals surface area (Å²) in [5.74, 6) is -0.297. The zero-order valence-electron chi connectivity index (χ0n) is 17.6. The summed E-state index contributed by atoms with van der Waals surface area (Å²) in [6.45, 7) is 4.20. The molecule has 0 radical (unpaired) electrons. The van der Waals surface area contributed by atoms with Crippen LogP contribution in [0.15, 0.2) is 12.3 Å². The van der Waals surface area contributed by atoms with Crippen molar-refractivity contribution in [3.05, 3.63) is 28.3 Å². The number of amides is 1. The largest absolute Gasteiger partial charge is 0.420 e. The van der Waals surface area contributed by atoms with Gasteiger partial charge in [0.2, 0.25) is 16.0 Å².